The summed E-state index contributed by atoms with van der Waals surface area (Å²) < 4.78 is 6.56. The molecule has 0 radical (unpaired) electrons. The third-order valence-electron chi connectivity index (χ3n) is 5.22. The van der Waals surface area contributed by atoms with Crippen molar-refractivity contribution >= 4 is 16.9 Å². The maximum atomic E-state index is 13.0. The van der Waals surface area contributed by atoms with Gasteiger partial charge in [0.05, 0.1) is 0 Å². The monoisotopic (exact) mass is 365 g/mol. The minimum Gasteiger partial charge on any atom is -0.283 e. The van der Waals surface area contributed by atoms with E-state index >= 15 is 0 Å². The smallest absolute Gasteiger partial charge is 0.283 e. The molecule has 0 saturated carbocycles. The van der Waals surface area contributed by atoms with Gasteiger partial charge in [-0.2, -0.15) is 4.98 Å². The Kier molecular flexibility index (Phi) is 3.83. The van der Waals surface area contributed by atoms with E-state index in [2.05, 4.69) is 31.0 Å². The van der Waals surface area contributed by atoms with Crippen LogP contribution in [0.3, 0.4) is 0 Å². The van der Waals surface area contributed by atoms with Gasteiger partial charge in [-0.15, -0.1) is 0 Å². The van der Waals surface area contributed by atoms with E-state index in [4.69, 9.17) is 0 Å². The quantitative estimate of drug-likeness (QED) is 0.560. The van der Waals surface area contributed by atoms with Crippen molar-refractivity contribution in [3.05, 3.63) is 62.1 Å². The second-order valence-electron chi connectivity index (χ2n) is 7.13. The molecule has 7 heteroatoms. The van der Waals surface area contributed by atoms with Crippen molar-refractivity contribution in [3.63, 3.8) is 0 Å². The van der Waals surface area contributed by atoms with E-state index in [-0.39, 0.29) is 11.2 Å². The van der Waals surface area contributed by atoms with Gasteiger partial charge in [0.15, 0.2) is 11.2 Å². The zero-order valence-corrected chi connectivity index (χ0v) is 16.3. The summed E-state index contributed by atoms with van der Waals surface area (Å²) in [4.78, 5) is 30.2. The molecule has 0 aliphatic carbocycles. The fourth-order valence-electron chi connectivity index (χ4n) is 3.62. The SMILES string of the molecule is CCCn1c(=O)c2c(nc3n(-c4ccc(C)c(C)c4)c(C)cn23)n(C)c1=O. The minimum atomic E-state index is -0.329. The summed E-state index contributed by atoms with van der Waals surface area (Å²) in [6.45, 7) is 8.48. The first-order valence-corrected chi connectivity index (χ1v) is 9.12. The van der Waals surface area contributed by atoms with E-state index in [1.165, 1.54) is 20.3 Å². The molecule has 4 aromatic rings. The molecule has 1 aromatic carbocycles. The summed E-state index contributed by atoms with van der Waals surface area (Å²) >= 11 is 0. The lowest BCUT2D eigenvalue weighted by Gasteiger charge is -2.08. The van der Waals surface area contributed by atoms with Gasteiger partial charge in [0.1, 0.15) is 0 Å². The molecule has 3 heterocycles. The van der Waals surface area contributed by atoms with Crippen molar-refractivity contribution in [1.29, 1.82) is 0 Å². The van der Waals surface area contributed by atoms with E-state index in [0.717, 1.165) is 11.4 Å². The predicted molar refractivity (Wildman–Crippen MR) is 106 cm³/mol. The van der Waals surface area contributed by atoms with Crippen LogP contribution in [-0.2, 0) is 13.6 Å². The first kappa shape index (κ1) is 17.3. The van der Waals surface area contributed by atoms with Gasteiger partial charge in [-0.3, -0.25) is 22.9 Å². The van der Waals surface area contributed by atoms with E-state index in [1.54, 1.807) is 11.4 Å². The zero-order chi connectivity index (χ0) is 19.5. The van der Waals surface area contributed by atoms with Crippen LogP contribution in [-0.4, -0.2) is 23.1 Å². The number of nitrogens with zero attached hydrogens (tertiary/aromatic N) is 5. The van der Waals surface area contributed by atoms with Crippen molar-refractivity contribution < 1.29 is 0 Å². The summed E-state index contributed by atoms with van der Waals surface area (Å²) in [5.41, 5.74) is 4.59. The molecule has 0 bridgehead atoms. The summed E-state index contributed by atoms with van der Waals surface area (Å²) in [5, 5.41) is 0. The van der Waals surface area contributed by atoms with Gasteiger partial charge >= 0.3 is 5.69 Å². The van der Waals surface area contributed by atoms with Crippen molar-refractivity contribution in [3.8, 4) is 5.69 Å². The van der Waals surface area contributed by atoms with Crippen molar-refractivity contribution in [2.24, 2.45) is 7.05 Å². The molecule has 27 heavy (non-hydrogen) atoms. The molecular formula is C20H23N5O2. The van der Waals surface area contributed by atoms with Crippen LogP contribution in [0, 0.1) is 20.8 Å². The molecule has 140 valence electrons. The van der Waals surface area contributed by atoms with E-state index in [1.807, 2.05) is 30.7 Å². The first-order valence-electron chi connectivity index (χ1n) is 9.12. The number of imidazole rings is 2. The van der Waals surface area contributed by atoms with Crippen LogP contribution in [0.2, 0.25) is 0 Å². The van der Waals surface area contributed by atoms with Crippen LogP contribution >= 0.6 is 0 Å². The predicted octanol–water partition coefficient (Wildman–Crippen LogP) is 2.47. The van der Waals surface area contributed by atoms with Crippen LogP contribution in [0.4, 0.5) is 0 Å². The van der Waals surface area contributed by atoms with Crippen LogP contribution in [0.1, 0.15) is 30.2 Å². The topological polar surface area (TPSA) is 66.2 Å². The Labute approximate surface area is 156 Å². The second-order valence-corrected chi connectivity index (χ2v) is 7.13. The molecular weight excluding hydrogens is 342 g/mol. The van der Waals surface area contributed by atoms with Crippen LogP contribution in [0.5, 0.6) is 0 Å². The van der Waals surface area contributed by atoms with Gasteiger partial charge in [0.2, 0.25) is 5.78 Å². The number of hydrogen-bond donors (Lipinski definition) is 0. The van der Waals surface area contributed by atoms with Gasteiger partial charge in [-0.05, 0) is 50.5 Å². The molecule has 0 atom stereocenters. The minimum absolute atomic E-state index is 0.292. The first-order chi connectivity index (χ1) is 12.8. The molecule has 0 spiro atoms. The van der Waals surface area contributed by atoms with Crippen molar-refractivity contribution in [1.82, 2.24) is 23.1 Å². The largest absolute Gasteiger partial charge is 0.332 e. The lowest BCUT2D eigenvalue weighted by atomic mass is 10.1. The summed E-state index contributed by atoms with van der Waals surface area (Å²) in [5.74, 6) is 0.632. The fourth-order valence-corrected chi connectivity index (χ4v) is 3.62. The van der Waals surface area contributed by atoms with Crippen molar-refractivity contribution in [2.75, 3.05) is 0 Å². The normalized spacial score (nSPS) is 11.7. The Morgan fingerprint density at radius 1 is 1.07 bits per heavy atom. The molecule has 7 nitrogen and oxygen atoms in total. The van der Waals surface area contributed by atoms with Gasteiger partial charge in [0.25, 0.3) is 5.56 Å². The molecule has 0 aliphatic rings. The third kappa shape index (κ3) is 2.38. The molecule has 0 saturated heterocycles. The zero-order valence-electron chi connectivity index (χ0n) is 16.3. The van der Waals surface area contributed by atoms with Crippen LogP contribution in [0.25, 0.3) is 22.6 Å². The maximum Gasteiger partial charge on any atom is 0.332 e. The Morgan fingerprint density at radius 2 is 1.81 bits per heavy atom. The highest BCUT2D eigenvalue weighted by Crippen LogP contribution is 2.22. The van der Waals surface area contributed by atoms with E-state index in [9.17, 15) is 9.59 Å². The molecule has 0 amide bonds. The van der Waals surface area contributed by atoms with Gasteiger partial charge in [-0.1, -0.05) is 13.0 Å². The number of aromatic nitrogens is 5. The Bertz CT molecular complexity index is 1320. The maximum absolute atomic E-state index is 13.0. The van der Waals surface area contributed by atoms with E-state index < -0.39 is 0 Å². The van der Waals surface area contributed by atoms with Crippen molar-refractivity contribution in [2.45, 2.75) is 40.7 Å². The average Bonchev–Trinajstić information content (AvgIpc) is 3.14. The van der Waals surface area contributed by atoms with Crippen LogP contribution < -0.4 is 11.2 Å². The highest BCUT2D eigenvalue weighted by molar-refractivity contribution is 5.76. The Hall–Kier alpha value is -3.09. The molecule has 0 aliphatic heterocycles. The second kappa shape index (κ2) is 5.97. The summed E-state index contributed by atoms with van der Waals surface area (Å²) in [7, 11) is 1.66. The fraction of sp³-hybridized carbons (Fsp3) is 0.350. The highest BCUT2D eigenvalue weighted by atomic mass is 16.2. The van der Waals surface area contributed by atoms with Crippen LogP contribution in [0.15, 0.2) is 34.0 Å². The molecule has 4 rings (SSSR count). The Morgan fingerprint density at radius 3 is 2.48 bits per heavy atom. The average molecular weight is 365 g/mol. The third-order valence-corrected chi connectivity index (χ3v) is 5.22. The van der Waals surface area contributed by atoms with Gasteiger partial charge in [-0.25, -0.2) is 4.79 Å². The Balaban J connectivity index is 2.13. The molecule has 0 unspecified atom stereocenters. The van der Waals surface area contributed by atoms with E-state index in [0.29, 0.717) is 29.9 Å². The summed E-state index contributed by atoms with van der Waals surface area (Å²) in [6, 6.07) is 6.23. The standard InChI is InChI=1S/C20H23N5O2/c1-6-9-23-18(26)16-17(22(5)20(23)27)21-19-24(16)11-14(4)25(19)15-8-7-12(2)13(3)10-15/h7-8,10-11H,6,9H2,1-5H3. The molecule has 3 aromatic heterocycles. The number of aryl methyl sites for hydroxylation is 4. The number of benzene rings is 1. The lowest BCUT2D eigenvalue weighted by Crippen LogP contribution is -2.39. The molecule has 0 fully saturated rings. The highest BCUT2D eigenvalue weighted by Gasteiger charge is 2.20. The lowest BCUT2D eigenvalue weighted by molar-refractivity contribution is 0.592. The van der Waals surface area contributed by atoms with Gasteiger partial charge in [0, 0.05) is 31.2 Å². The van der Waals surface area contributed by atoms with Gasteiger partial charge < -0.3 is 0 Å². The number of rotatable bonds is 3. The number of fused-ring (bicyclic) bond motifs is 3. The summed E-state index contributed by atoms with van der Waals surface area (Å²) in [6.07, 6.45) is 2.62. The number of hydrogen-bond acceptors (Lipinski definition) is 3. The molecule has 0 N–H and O–H groups in total.